The third-order valence-electron chi connectivity index (χ3n) is 7.13. The van der Waals surface area contributed by atoms with Crippen LogP contribution in [0.15, 0.2) is 59.8 Å². The molecule has 0 fully saturated rings. The van der Waals surface area contributed by atoms with Gasteiger partial charge in [0.05, 0.1) is 11.1 Å². The molecule has 1 aliphatic heterocycles. The van der Waals surface area contributed by atoms with Crippen LogP contribution in [0.5, 0.6) is 17.2 Å². The molecule has 2 atom stereocenters. The second-order valence-electron chi connectivity index (χ2n) is 9.65. The number of Topliss-reactive ketones (excluding diaryl/α,β-unsaturated/α-hetero) is 2. The summed E-state index contributed by atoms with van der Waals surface area (Å²) < 4.78 is 7.39. The monoisotopic (exact) mass is 514 g/mol. The third-order valence-corrected chi connectivity index (χ3v) is 7.13. The number of ether oxygens (including phenoxy) is 1. The van der Waals surface area contributed by atoms with E-state index in [1.165, 1.54) is 26.8 Å². The van der Waals surface area contributed by atoms with Gasteiger partial charge in [0.25, 0.3) is 0 Å². The van der Waals surface area contributed by atoms with Crippen molar-refractivity contribution in [3.05, 3.63) is 87.8 Å². The Morgan fingerprint density at radius 3 is 2.42 bits per heavy atom. The maximum Gasteiger partial charge on any atom is 0.194 e. The van der Waals surface area contributed by atoms with Crippen LogP contribution < -0.4 is 10.1 Å². The van der Waals surface area contributed by atoms with Crippen LogP contribution in [0.2, 0.25) is 0 Å². The number of benzene rings is 2. The standard InChI is InChI=1S/C28H26N4O6/c1-13-23(35)20(15(3)33)25-21(24(13)36)28(4)18(38-25)11-17(34)19(26(28)37)14(2)30-22(16-9-7-6-8-10-16)27-29-12-32(5)31-27/h6-12,22,30,35-36H,1-5H3/b19-14+/t22?,28-/m1/s1. The predicted molar refractivity (Wildman–Crippen MR) is 136 cm³/mol. The molecule has 5 rings (SSSR count). The number of ketones is 3. The number of aromatic hydroxyl groups is 2. The number of rotatable bonds is 5. The summed E-state index contributed by atoms with van der Waals surface area (Å²) in [5.74, 6) is -2.22. The van der Waals surface area contributed by atoms with Gasteiger partial charge in [0.2, 0.25) is 0 Å². The number of aryl methyl sites for hydroxylation is 1. The average Bonchev–Trinajstić information content (AvgIpc) is 3.43. The molecule has 0 saturated carbocycles. The van der Waals surface area contributed by atoms with Gasteiger partial charge in [-0.1, -0.05) is 30.3 Å². The van der Waals surface area contributed by atoms with Gasteiger partial charge in [-0.25, -0.2) is 4.98 Å². The first kappa shape index (κ1) is 24.9. The quantitative estimate of drug-likeness (QED) is 0.266. The number of allylic oxidation sites excluding steroid dienone is 4. The van der Waals surface area contributed by atoms with Crippen LogP contribution in [0, 0.1) is 6.92 Å². The van der Waals surface area contributed by atoms with Crippen molar-refractivity contribution in [2.24, 2.45) is 7.05 Å². The Hall–Kier alpha value is -4.73. The van der Waals surface area contributed by atoms with Crippen molar-refractivity contribution in [2.75, 3.05) is 0 Å². The SMILES string of the molecule is CC(=O)c1c(O)c(C)c(O)c2c1OC1=CC(=O)/C(=C(/C)NC(c3ccccc3)c3ncn(C)n3)C(=O)[C@]12C. The third kappa shape index (κ3) is 3.52. The highest BCUT2D eigenvalue weighted by Crippen LogP contribution is 2.57. The van der Waals surface area contributed by atoms with Crippen molar-refractivity contribution in [3.63, 3.8) is 0 Å². The zero-order valence-corrected chi connectivity index (χ0v) is 21.5. The first-order valence-electron chi connectivity index (χ1n) is 11.9. The van der Waals surface area contributed by atoms with Crippen LogP contribution in [0.1, 0.15) is 59.7 Å². The second-order valence-corrected chi connectivity index (χ2v) is 9.65. The van der Waals surface area contributed by atoms with Crippen molar-refractivity contribution in [3.8, 4) is 17.2 Å². The Balaban J connectivity index is 1.65. The molecule has 2 aromatic carbocycles. The minimum Gasteiger partial charge on any atom is -0.507 e. The first-order valence-corrected chi connectivity index (χ1v) is 11.9. The van der Waals surface area contributed by atoms with Crippen molar-refractivity contribution >= 4 is 17.3 Å². The van der Waals surface area contributed by atoms with Gasteiger partial charge in [-0.15, -0.1) is 0 Å². The lowest BCUT2D eigenvalue weighted by Gasteiger charge is -2.29. The van der Waals surface area contributed by atoms with E-state index < -0.39 is 34.6 Å². The van der Waals surface area contributed by atoms with Crippen molar-refractivity contribution < 1.29 is 29.3 Å². The van der Waals surface area contributed by atoms with Gasteiger partial charge in [-0.05, 0) is 33.3 Å². The molecule has 0 spiro atoms. The van der Waals surface area contributed by atoms with Gasteiger partial charge in [0, 0.05) is 24.4 Å². The number of phenols is 2. The summed E-state index contributed by atoms with van der Waals surface area (Å²) in [4.78, 5) is 44.1. The van der Waals surface area contributed by atoms with Crippen LogP contribution in [-0.4, -0.2) is 42.3 Å². The Bertz CT molecular complexity index is 1600. The summed E-state index contributed by atoms with van der Waals surface area (Å²) in [6, 6.07) is 8.80. The van der Waals surface area contributed by atoms with Crippen LogP contribution in [0.3, 0.4) is 0 Å². The van der Waals surface area contributed by atoms with Gasteiger partial charge in [-0.2, -0.15) is 5.10 Å². The molecule has 0 radical (unpaired) electrons. The molecule has 0 amide bonds. The predicted octanol–water partition coefficient (Wildman–Crippen LogP) is 3.08. The van der Waals surface area contributed by atoms with Gasteiger partial charge in [0.15, 0.2) is 23.2 Å². The molecule has 1 aromatic heterocycles. The lowest BCUT2D eigenvalue weighted by molar-refractivity contribution is -0.123. The number of hydrogen-bond donors (Lipinski definition) is 3. The van der Waals surface area contributed by atoms with Crippen molar-refractivity contribution in [1.82, 2.24) is 20.1 Å². The topological polar surface area (TPSA) is 144 Å². The van der Waals surface area contributed by atoms with Crippen LogP contribution in [0.25, 0.3) is 0 Å². The molecule has 1 aliphatic carbocycles. The highest BCUT2D eigenvalue weighted by atomic mass is 16.5. The van der Waals surface area contributed by atoms with E-state index in [0.29, 0.717) is 5.82 Å². The first-order chi connectivity index (χ1) is 18.0. The molecule has 2 heterocycles. The molecule has 194 valence electrons. The molecule has 3 aromatic rings. The molecule has 3 N–H and O–H groups in total. The van der Waals surface area contributed by atoms with Gasteiger partial charge in [-0.3, -0.25) is 19.1 Å². The molecule has 2 aliphatic rings. The molecule has 38 heavy (non-hydrogen) atoms. The van der Waals surface area contributed by atoms with Crippen LogP contribution >= 0.6 is 0 Å². The number of aromatic nitrogens is 3. The number of phenolic OH excluding ortho intramolecular Hbond substituents is 2. The smallest absolute Gasteiger partial charge is 0.194 e. The normalized spacial score (nSPS) is 20.3. The van der Waals surface area contributed by atoms with Gasteiger partial charge in [0.1, 0.15) is 46.4 Å². The van der Waals surface area contributed by atoms with E-state index in [1.807, 2.05) is 30.3 Å². The number of carbonyl (C=O) groups excluding carboxylic acids is 3. The number of hydrogen-bond acceptors (Lipinski definition) is 9. The van der Waals surface area contributed by atoms with E-state index in [4.69, 9.17) is 4.74 Å². The zero-order chi connectivity index (χ0) is 27.5. The fourth-order valence-corrected chi connectivity index (χ4v) is 5.08. The van der Waals surface area contributed by atoms with Gasteiger partial charge < -0.3 is 20.3 Å². The Labute approximate surface area is 218 Å². The van der Waals surface area contributed by atoms with E-state index in [1.54, 1.807) is 25.0 Å². The molecule has 1 unspecified atom stereocenters. The number of nitrogens with zero attached hydrogens (tertiary/aromatic N) is 3. The highest BCUT2D eigenvalue weighted by Gasteiger charge is 2.56. The molecule has 10 heteroatoms. The lowest BCUT2D eigenvalue weighted by atomic mass is 9.70. The van der Waals surface area contributed by atoms with E-state index in [2.05, 4.69) is 15.4 Å². The molecular weight excluding hydrogens is 488 g/mol. The Morgan fingerprint density at radius 1 is 1.13 bits per heavy atom. The summed E-state index contributed by atoms with van der Waals surface area (Å²) in [6.07, 6.45) is 2.75. The summed E-state index contributed by atoms with van der Waals surface area (Å²) in [7, 11) is 1.74. The Kier molecular flexibility index (Phi) is 5.70. The average molecular weight is 515 g/mol. The number of carbonyl (C=O) groups is 3. The second kappa shape index (κ2) is 8.69. The van der Waals surface area contributed by atoms with E-state index in [9.17, 15) is 24.6 Å². The van der Waals surface area contributed by atoms with E-state index in [-0.39, 0.29) is 45.2 Å². The maximum atomic E-state index is 14.1. The minimum atomic E-state index is -1.60. The fraction of sp³-hybridized carbons (Fsp3) is 0.250. The van der Waals surface area contributed by atoms with Crippen molar-refractivity contribution in [1.29, 1.82) is 0 Å². The van der Waals surface area contributed by atoms with Gasteiger partial charge >= 0.3 is 0 Å². The van der Waals surface area contributed by atoms with Crippen LogP contribution in [0.4, 0.5) is 0 Å². The van der Waals surface area contributed by atoms with E-state index >= 15 is 0 Å². The highest BCUT2D eigenvalue weighted by molar-refractivity contribution is 6.31. The summed E-state index contributed by atoms with van der Waals surface area (Å²) in [5, 5.41) is 29.2. The molecule has 0 saturated heterocycles. The minimum absolute atomic E-state index is 0.0205. The summed E-state index contributed by atoms with van der Waals surface area (Å²) in [5.41, 5.74) is -0.695. The Morgan fingerprint density at radius 2 is 1.82 bits per heavy atom. The van der Waals surface area contributed by atoms with Crippen molar-refractivity contribution in [2.45, 2.75) is 39.2 Å². The summed E-state index contributed by atoms with van der Waals surface area (Å²) in [6.45, 7) is 5.83. The lowest BCUT2D eigenvalue weighted by Crippen LogP contribution is -2.41. The van der Waals surface area contributed by atoms with E-state index in [0.717, 1.165) is 5.56 Å². The maximum absolute atomic E-state index is 14.1. The molecular formula is C28H26N4O6. The molecule has 10 nitrogen and oxygen atoms in total. The number of nitrogens with one attached hydrogen (secondary N) is 1. The molecule has 0 bridgehead atoms. The summed E-state index contributed by atoms with van der Waals surface area (Å²) >= 11 is 0. The number of fused-ring (bicyclic) bond motifs is 3. The van der Waals surface area contributed by atoms with Crippen LogP contribution in [-0.2, 0) is 22.1 Å². The zero-order valence-electron chi connectivity index (χ0n) is 21.5. The largest absolute Gasteiger partial charge is 0.507 e. The fourth-order valence-electron chi connectivity index (χ4n) is 5.08.